The Labute approximate surface area is 254 Å². The van der Waals surface area contributed by atoms with Gasteiger partial charge in [-0.2, -0.15) is 0 Å². The number of amides is 1. The molecule has 0 radical (unpaired) electrons. The Balaban J connectivity index is 1.22. The van der Waals surface area contributed by atoms with Gasteiger partial charge in [0.1, 0.15) is 16.9 Å². The van der Waals surface area contributed by atoms with Crippen LogP contribution in [0.2, 0.25) is 0 Å². The van der Waals surface area contributed by atoms with Gasteiger partial charge in [0, 0.05) is 38.0 Å². The number of hydrogen-bond donors (Lipinski definition) is 1. The van der Waals surface area contributed by atoms with Gasteiger partial charge in [-0.3, -0.25) is 4.79 Å². The summed E-state index contributed by atoms with van der Waals surface area (Å²) in [6.07, 6.45) is 4.92. The monoisotopic (exact) mass is 573 g/mol. The van der Waals surface area contributed by atoms with E-state index in [2.05, 4.69) is 60.7 Å². The molecule has 0 saturated carbocycles. The molecule has 1 saturated heterocycles. The molecule has 4 aromatic rings. The molecule has 3 aliphatic heterocycles. The van der Waals surface area contributed by atoms with Crippen molar-refractivity contribution in [2.75, 3.05) is 39.4 Å². The third-order valence-electron chi connectivity index (χ3n) is 10.3. The van der Waals surface area contributed by atoms with Crippen LogP contribution in [-0.2, 0) is 35.9 Å². The van der Waals surface area contributed by atoms with Gasteiger partial charge in [0.25, 0.3) is 0 Å². The molecule has 1 atom stereocenters. The van der Waals surface area contributed by atoms with Crippen molar-refractivity contribution >= 4 is 5.91 Å². The second kappa shape index (κ2) is 11.5. The van der Waals surface area contributed by atoms with E-state index in [1.807, 2.05) is 36.4 Å². The molecular formula is C38H41N2O3+. The maximum atomic E-state index is 13.8. The number of carbonyl (C=O) groups excluding carboxylic acids is 1. The van der Waals surface area contributed by atoms with Gasteiger partial charge < -0.3 is 19.7 Å². The fourth-order valence-electron chi connectivity index (χ4n) is 8.00. The van der Waals surface area contributed by atoms with E-state index in [1.54, 1.807) is 0 Å². The van der Waals surface area contributed by atoms with Crippen molar-refractivity contribution in [3.8, 4) is 11.5 Å². The van der Waals surface area contributed by atoms with Crippen molar-refractivity contribution in [3.05, 3.63) is 130 Å². The van der Waals surface area contributed by atoms with Crippen LogP contribution >= 0.6 is 0 Å². The van der Waals surface area contributed by atoms with E-state index in [4.69, 9.17) is 15.2 Å². The van der Waals surface area contributed by atoms with Gasteiger partial charge in [-0.1, -0.05) is 84.9 Å². The second-order valence-corrected chi connectivity index (χ2v) is 12.7. The van der Waals surface area contributed by atoms with Crippen molar-refractivity contribution in [2.45, 2.75) is 37.5 Å². The molecule has 43 heavy (non-hydrogen) atoms. The minimum atomic E-state index is -0.877. The first-order valence-corrected chi connectivity index (χ1v) is 15.8. The molecule has 220 valence electrons. The first-order chi connectivity index (χ1) is 21.1. The summed E-state index contributed by atoms with van der Waals surface area (Å²) in [4.78, 5) is 13.8. The van der Waals surface area contributed by atoms with Gasteiger partial charge >= 0.3 is 0 Å². The minimum Gasteiger partial charge on any atom is -0.493 e. The molecule has 0 aromatic heterocycles. The lowest BCUT2D eigenvalue weighted by atomic mass is 9.64. The predicted octanol–water partition coefficient (Wildman–Crippen LogP) is 5.65. The van der Waals surface area contributed by atoms with Crippen molar-refractivity contribution in [3.63, 3.8) is 0 Å². The number of rotatable bonds is 10. The Kier molecular flexibility index (Phi) is 7.44. The predicted molar refractivity (Wildman–Crippen MR) is 169 cm³/mol. The zero-order valence-electron chi connectivity index (χ0n) is 24.8. The third-order valence-corrected chi connectivity index (χ3v) is 10.3. The normalized spacial score (nSPS) is 18.5. The smallest absolute Gasteiger partial charge is 0.233 e. The van der Waals surface area contributed by atoms with Crippen molar-refractivity contribution in [1.82, 2.24) is 0 Å². The largest absolute Gasteiger partial charge is 0.493 e. The lowest BCUT2D eigenvalue weighted by Crippen LogP contribution is -2.53. The van der Waals surface area contributed by atoms with Crippen LogP contribution in [0.4, 0.5) is 0 Å². The lowest BCUT2D eigenvalue weighted by molar-refractivity contribution is -0.918. The first kappa shape index (κ1) is 27.7. The maximum Gasteiger partial charge on any atom is 0.233 e. The van der Waals surface area contributed by atoms with E-state index >= 15 is 0 Å². The molecular weight excluding hydrogens is 532 g/mol. The van der Waals surface area contributed by atoms with Crippen LogP contribution in [0.25, 0.3) is 0 Å². The summed E-state index contributed by atoms with van der Waals surface area (Å²) in [5.41, 5.74) is 13.0. The molecule has 5 heteroatoms. The number of fused-ring (bicyclic) bond motifs is 2. The van der Waals surface area contributed by atoms with Gasteiger partial charge in [-0.15, -0.1) is 0 Å². The number of hydrogen-bond acceptors (Lipinski definition) is 3. The van der Waals surface area contributed by atoms with Crippen LogP contribution in [0.1, 0.15) is 39.8 Å². The van der Waals surface area contributed by atoms with Crippen molar-refractivity contribution < 1.29 is 18.8 Å². The Morgan fingerprint density at radius 2 is 1.26 bits per heavy atom. The number of nitrogens with zero attached hydrogens (tertiary/aromatic N) is 1. The van der Waals surface area contributed by atoms with Crippen LogP contribution in [0.5, 0.6) is 11.5 Å². The Bertz CT molecular complexity index is 1500. The molecule has 0 bridgehead atoms. The summed E-state index contributed by atoms with van der Waals surface area (Å²) >= 11 is 0. The standard InChI is InChI=1S/C38H40N2O3/c39-37(41)38(32-7-3-1-4-8-32,33-9-5-2-6-10-33)34-17-22-40(27-34,20-15-28-11-13-35-30(25-28)18-23-42-35)21-16-29-12-14-36-31(26-29)19-24-43-36/h1-14,25-26,34H,15-24,27H2,(H-,39,41)/p+1/t34-/m1/s1. The number of likely N-dealkylation sites (tertiary alicyclic amines) is 1. The number of nitrogens with two attached hydrogens (primary N) is 1. The summed E-state index contributed by atoms with van der Waals surface area (Å²) in [6.45, 7) is 5.56. The molecule has 0 aliphatic carbocycles. The third kappa shape index (κ3) is 5.21. The highest BCUT2D eigenvalue weighted by Gasteiger charge is 2.54. The van der Waals surface area contributed by atoms with Gasteiger partial charge in [0.05, 0.1) is 39.4 Å². The summed E-state index contributed by atoms with van der Waals surface area (Å²) in [7, 11) is 0. The zero-order valence-corrected chi connectivity index (χ0v) is 24.8. The quantitative estimate of drug-likeness (QED) is 0.250. The topological polar surface area (TPSA) is 61.6 Å². The fraction of sp³-hybridized carbons (Fsp3) is 0.342. The molecule has 0 unspecified atom stereocenters. The van der Waals surface area contributed by atoms with E-state index in [1.165, 1.54) is 22.3 Å². The number of primary amides is 1. The Hall–Kier alpha value is -4.09. The molecule has 0 spiro atoms. The highest BCUT2D eigenvalue weighted by molar-refractivity contribution is 5.91. The van der Waals surface area contributed by atoms with Crippen molar-refractivity contribution in [2.24, 2.45) is 11.7 Å². The molecule has 3 heterocycles. The highest BCUT2D eigenvalue weighted by atomic mass is 16.5. The summed E-state index contributed by atoms with van der Waals surface area (Å²) < 4.78 is 12.5. The summed E-state index contributed by atoms with van der Waals surface area (Å²) in [5, 5.41) is 0. The maximum absolute atomic E-state index is 13.8. The average molecular weight is 574 g/mol. The van der Waals surface area contributed by atoms with Gasteiger partial charge in [0.15, 0.2) is 0 Å². The van der Waals surface area contributed by atoms with Gasteiger partial charge in [0.2, 0.25) is 5.91 Å². The highest BCUT2D eigenvalue weighted by Crippen LogP contribution is 2.45. The molecule has 2 N–H and O–H groups in total. The van der Waals surface area contributed by atoms with E-state index in [0.717, 1.165) is 98.6 Å². The molecule has 7 rings (SSSR count). The molecule has 3 aliphatic rings. The van der Waals surface area contributed by atoms with Crippen LogP contribution in [0.3, 0.4) is 0 Å². The van der Waals surface area contributed by atoms with Crippen LogP contribution in [-0.4, -0.2) is 49.8 Å². The van der Waals surface area contributed by atoms with Crippen LogP contribution < -0.4 is 15.2 Å². The van der Waals surface area contributed by atoms with Crippen LogP contribution in [0, 0.1) is 5.92 Å². The second-order valence-electron chi connectivity index (χ2n) is 12.7. The van der Waals surface area contributed by atoms with E-state index in [-0.39, 0.29) is 11.8 Å². The SMILES string of the molecule is NC(=O)C(c1ccccc1)(c1ccccc1)[C@@H]1CC[N+](CCc2ccc3c(c2)CCO3)(CCc2ccc3c(c2)CCO3)C1. The number of ether oxygens (including phenoxy) is 2. The number of carbonyl (C=O) groups is 1. The fourth-order valence-corrected chi connectivity index (χ4v) is 8.00. The van der Waals surface area contributed by atoms with Gasteiger partial charge in [-0.05, 0) is 45.5 Å². The summed E-state index contributed by atoms with van der Waals surface area (Å²) in [5.74, 6) is 1.90. The number of quaternary nitrogens is 1. The Morgan fingerprint density at radius 3 is 1.74 bits per heavy atom. The van der Waals surface area contributed by atoms with Gasteiger partial charge in [-0.25, -0.2) is 0 Å². The molecule has 5 nitrogen and oxygen atoms in total. The van der Waals surface area contributed by atoms with E-state index < -0.39 is 5.41 Å². The molecule has 1 fully saturated rings. The minimum absolute atomic E-state index is 0.0941. The van der Waals surface area contributed by atoms with E-state index in [0.29, 0.717) is 0 Å². The molecule has 4 aromatic carbocycles. The van der Waals surface area contributed by atoms with Crippen molar-refractivity contribution in [1.29, 1.82) is 0 Å². The number of benzene rings is 4. The molecule has 1 amide bonds. The first-order valence-electron chi connectivity index (χ1n) is 15.8. The average Bonchev–Trinajstić information content (AvgIpc) is 3.81. The zero-order chi connectivity index (χ0) is 29.3. The van der Waals surface area contributed by atoms with E-state index in [9.17, 15) is 4.79 Å². The van der Waals surface area contributed by atoms with Crippen LogP contribution in [0.15, 0.2) is 97.1 Å². The Morgan fingerprint density at radius 1 is 0.744 bits per heavy atom. The summed E-state index contributed by atoms with van der Waals surface area (Å²) in [6, 6.07) is 33.9. The lowest BCUT2D eigenvalue weighted by Gasteiger charge is -2.40.